The second-order valence-electron chi connectivity index (χ2n) is 4.57. The second-order valence-corrected chi connectivity index (χ2v) is 5.36. The molecule has 0 saturated heterocycles. The molecule has 0 bridgehead atoms. The van der Waals surface area contributed by atoms with Gasteiger partial charge in [-0.3, -0.25) is 9.59 Å². The molecule has 2 aromatic rings. The molecule has 0 aliphatic rings. The summed E-state index contributed by atoms with van der Waals surface area (Å²) in [6.45, 7) is 3.61. The van der Waals surface area contributed by atoms with E-state index in [2.05, 4.69) is 15.5 Å². The Hall–Kier alpha value is -1.86. The van der Waals surface area contributed by atoms with Crippen molar-refractivity contribution in [2.45, 2.75) is 26.4 Å². The lowest BCUT2D eigenvalue weighted by Crippen LogP contribution is -2.30. The van der Waals surface area contributed by atoms with Crippen LogP contribution in [0.1, 0.15) is 19.9 Å². The van der Waals surface area contributed by atoms with E-state index in [4.69, 9.17) is 23.2 Å². The van der Waals surface area contributed by atoms with E-state index < -0.39 is 11.5 Å². The van der Waals surface area contributed by atoms with Crippen LogP contribution in [-0.4, -0.2) is 25.5 Å². The van der Waals surface area contributed by atoms with Crippen LogP contribution in [0, 0.1) is 0 Å². The molecule has 1 N–H and O–H groups in total. The lowest BCUT2D eigenvalue weighted by atomic mass is 10.4. The van der Waals surface area contributed by atoms with Gasteiger partial charge in [0, 0.05) is 12.1 Å². The third-order valence-corrected chi connectivity index (χ3v) is 3.41. The molecule has 0 atom stereocenters. The van der Waals surface area contributed by atoms with Gasteiger partial charge in [0.2, 0.25) is 5.91 Å². The van der Waals surface area contributed by atoms with E-state index in [1.807, 2.05) is 13.8 Å². The molecule has 0 fully saturated rings. The molecular weight excluding hydrogens is 317 g/mol. The average molecular weight is 330 g/mol. The third kappa shape index (κ3) is 3.43. The highest BCUT2D eigenvalue weighted by Crippen LogP contribution is 2.15. The van der Waals surface area contributed by atoms with Gasteiger partial charge in [0.1, 0.15) is 17.4 Å². The summed E-state index contributed by atoms with van der Waals surface area (Å²) in [6.07, 6.45) is 2.80. The zero-order valence-corrected chi connectivity index (χ0v) is 12.9. The third-order valence-electron chi connectivity index (χ3n) is 2.66. The fourth-order valence-corrected chi connectivity index (χ4v) is 1.97. The van der Waals surface area contributed by atoms with Crippen molar-refractivity contribution in [2.75, 3.05) is 5.32 Å². The van der Waals surface area contributed by atoms with Crippen LogP contribution in [-0.2, 0) is 11.3 Å². The monoisotopic (exact) mass is 329 g/mol. The quantitative estimate of drug-likeness (QED) is 0.929. The van der Waals surface area contributed by atoms with E-state index in [0.29, 0.717) is 5.82 Å². The van der Waals surface area contributed by atoms with Crippen molar-refractivity contribution in [3.63, 3.8) is 0 Å². The van der Waals surface area contributed by atoms with Crippen molar-refractivity contribution in [1.29, 1.82) is 0 Å². The minimum Gasteiger partial charge on any atom is -0.309 e. The largest absolute Gasteiger partial charge is 0.309 e. The van der Waals surface area contributed by atoms with Crippen LogP contribution in [0.5, 0.6) is 0 Å². The summed E-state index contributed by atoms with van der Waals surface area (Å²) >= 11 is 11.4. The van der Waals surface area contributed by atoms with Gasteiger partial charge in [-0.05, 0) is 13.8 Å². The summed E-state index contributed by atoms with van der Waals surface area (Å²) in [5, 5.41) is 10.4. The summed E-state index contributed by atoms with van der Waals surface area (Å²) < 4.78 is 2.60. The van der Waals surface area contributed by atoms with E-state index in [0.717, 1.165) is 4.68 Å². The molecule has 0 aliphatic heterocycles. The number of carbonyl (C=O) groups excluding carboxylic acids is 1. The summed E-state index contributed by atoms with van der Waals surface area (Å²) in [7, 11) is 0. The highest BCUT2D eigenvalue weighted by atomic mass is 35.5. The van der Waals surface area contributed by atoms with Gasteiger partial charge >= 0.3 is 0 Å². The van der Waals surface area contributed by atoms with Crippen molar-refractivity contribution in [3.8, 4) is 0 Å². The number of aromatic nitrogens is 4. The maximum Gasteiger partial charge on any atom is 0.287 e. The van der Waals surface area contributed by atoms with Gasteiger partial charge in [0.25, 0.3) is 5.56 Å². The SMILES string of the molecule is CC(C)n1nccc1NC(=O)Cn1ncc(Cl)c(Cl)c1=O. The topological polar surface area (TPSA) is 81.8 Å². The van der Waals surface area contributed by atoms with Gasteiger partial charge in [-0.2, -0.15) is 10.2 Å². The summed E-state index contributed by atoms with van der Waals surface area (Å²) in [6, 6.07) is 1.77. The minimum atomic E-state index is -0.614. The molecule has 2 aromatic heterocycles. The van der Waals surface area contributed by atoms with Crippen LogP contribution in [0.4, 0.5) is 5.82 Å². The number of hydrogen-bond donors (Lipinski definition) is 1. The standard InChI is InChI=1S/C12H13Cl2N5O2/c1-7(2)19-9(3-4-15-19)17-10(20)6-18-12(21)11(14)8(13)5-16-18/h3-5,7H,6H2,1-2H3,(H,17,20). The molecule has 0 unspecified atom stereocenters. The van der Waals surface area contributed by atoms with Gasteiger partial charge in [-0.25, -0.2) is 9.36 Å². The Morgan fingerprint density at radius 1 is 1.38 bits per heavy atom. The zero-order valence-electron chi connectivity index (χ0n) is 11.4. The number of hydrogen-bond acceptors (Lipinski definition) is 4. The molecule has 0 aromatic carbocycles. The summed E-state index contributed by atoms with van der Waals surface area (Å²) in [5.41, 5.74) is -0.614. The lowest BCUT2D eigenvalue weighted by Gasteiger charge is -2.12. The highest BCUT2D eigenvalue weighted by molar-refractivity contribution is 6.41. The van der Waals surface area contributed by atoms with Gasteiger partial charge < -0.3 is 5.32 Å². The number of nitrogens with one attached hydrogen (secondary N) is 1. The number of halogens is 2. The Bertz CT molecular complexity index is 723. The Kier molecular flexibility index (Phi) is 4.64. The van der Waals surface area contributed by atoms with Crippen molar-refractivity contribution < 1.29 is 4.79 Å². The van der Waals surface area contributed by atoms with Crippen LogP contribution in [0.25, 0.3) is 0 Å². The number of rotatable bonds is 4. The Balaban J connectivity index is 2.14. The predicted octanol–water partition coefficient (Wildman–Crippen LogP) is 1.97. The normalized spacial score (nSPS) is 10.9. The van der Waals surface area contributed by atoms with E-state index in [1.54, 1.807) is 16.9 Å². The molecular formula is C12H13Cl2N5O2. The Morgan fingerprint density at radius 2 is 2.10 bits per heavy atom. The molecule has 0 saturated carbocycles. The first-order valence-electron chi connectivity index (χ1n) is 6.14. The maximum atomic E-state index is 12.0. The first-order chi connectivity index (χ1) is 9.90. The molecule has 112 valence electrons. The maximum absolute atomic E-state index is 12.0. The Labute approximate surface area is 130 Å². The zero-order chi connectivity index (χ0) is 15.6. The molecule has 2 rings (SSSR count). The molecule has 9 heteroatoms. The molecule has 2 heterocycles. The van der Waals surface area contributed by atoms with Crippen molar-refractivity contribution in [3.05, 3.63) is 38.9 Å². The molecule has 0 radical (unpaired) electrons. The first-order valence-corrected chi connectivity index (χ1v) is 6.90. The molecule has 0 aliphatic carbocycles. The van der Waals surface area contributed by atoms with Crippen molar-refractivity contribution >= 4 is 34.9 Å². The van der Waals surface area contributed by atoms with Crippen LogP contribution in [0.15, 0.2) is 23.3 Å². The molecule has 7 nitrogen and oxygen atoms in total. The first kappa shape index (κ1) is 15.5. The van der Waals surface area contributed by atoms with Crippen molar-refractivity contribution in [1.82, 2.24) is 19.6 Å². The summed E-state index contributed by atoms with van der Waals surface area (Å²) in [5.74, 6) is 0.133. The van der Waals surface area contributed by atoms with E-state index in [-0.39, 0.29) is 22.6 Å². The number of amides is 1. The minimum absolute atomic E-state index is 0.0520. The van der Waals surface area contributed by atoms with Crippen LogP contribution < -0.4 is 10.9 Å². The van der Waals surface area contributed by atoms with Gasteiger partial charge in [0.15, 0.2) is 0 Å². The molecule has 21 heavy (non-hydrogen) atoms. The van der Waals surface area contributed by atoms with Gasteiger partial charge in [0.05, 0.1) is 17.4 Å². The van der Waals surface area contributed by atoms with E-state index >= 15 is 0 Å². The molecule has 1 amide bonds. The van der Waals surface area contributed by atoms with Gasteiger partial charge in [-0.1, -0.05) is 23.2 Å². The molecule has 0 spiro atoms. The lowest BCUT2D eigenvalue weighted by molar-refractivity contribution is -0.117. The fourth-order valence-electron chi connectivity index (χ4n) is 1.70. The Morgan fingerprint density at radius 3 is 2.76 bits per heavy atom. The van der Waals surface area contributed by atoms with Crippen LogP contribution in [0.2, 0.25) is 10.0 Å². The smallest absolute Gasteiger partial charge is 0.287 e. The predicted molar refractivity (Wildman–Crippen MR) is 79.8 cm³/mol. The van der Waals surface area contributed by atoms with Gasteiger partial charge in [-0.15, -0.1) is 0 Å². The average Bonchev–Trinajstić information content (AvgIpc) is 2.88. The number of nitrogens with zero attached hydrogens (tertiary/aromatic N) is 4. The van der Waals surface area contributed by atoms with Crippen LogP contribution >= 0.6 is 23.2 Å². The summed E-state index contributed by atoms with van der Waals surface area (Å²) in [4.78, 5) is 23.8. The highest BCUT2D eigenvalue weighted by Gasteiger charge is 2.13. The fraction of sp³-hybridized carbons (Fsp3) is 0.333. The number of anilines is 1. The van der Waals surface area contributed by atoms with Crippen molar-refractivity contribution in [2.24, 2.45) is 0 Å². The second kappa shape index (κ2) is 6.28. The number of carbonyl (C=O) groups is 1. The van der Waals surface area contributed by atoms with E-state index in [1.165, 1.54) is 6.20 Å². The van der Waals surface area contributed by atoms with E-state index in [9.17, 15) is 9.59 Å². The van der Waals surface area contributed by atoms with Crippen LogP contribution in [0.3, 0.4) is 0 Å².